The van der Waals surface area contributed by atoms with Gasteiger partial charge in [-0.15, -0.1) is 0 Å². The molecule has 1 saturated heterocycles. The van der Waals surface area contributed by atoms with E-state index < -0.39 is 0 Å². The van der Waals surface area contributed by atoms with Crippen molar-refractivity contribution in [3.05, 3.63) is 47.9 Å². The largest absolute Gasteiger partial charge is 0.495 e. The minimum atomic E-state index is -0.0254. The number of hydrogen-bond donors (Lipinski definition) is 1. The van der Waals surface area contributed by atoms with Gasteiger partial charge in [-0.2, -0.15) is 0 Å². The quantitative estimate of drug-likeness (QED) is 0.848. The Morgan fingerprint density at radius 3 is 2.67 bits per heavy atom. The van der Waals surface area contributed by atoms with E-state index in [4.69, 9.17) is 14.9 Å². The van der Waals surface area contributed by atoms with E-state index in [0.29, 0.717) is 17.2 Å². The summed E-state index contributed by atoms with van der Waals surface area (Å²) in [4.78, 5) is 16.4. The monoisotopic (exact) mass is 329 g/mol. The molecule has 0 atom stereocenters. The maximum absolute atomic E-state index is 12.2. The Kier molecular flexibility index (Phi) is 5.05. The summed E-state index contributed by atoms with van der Waals surface area (Å²) in [7, 11) is 1.62. The average Bonchev–Trinajstić information content (AvgIpc) is 3.14. The van der Waals surface area contributed by atoms with Crippen LogP contribution in [-0.4, -0.2) is 55.5 Å². The SMILES string of the molecule is COc1ccc(CCN2CCN(C(=O)c3ccco3)CC2)cc1N. The molecule has 0 radical (unpaired) electrons. The third kappa shape index (κ3) is 3.71. The molecule has 3 rings (SSSR count). The smallest absolute Gasteiger partial charge is 0.289 e. The van der Waals surface area contributed by atoms with E-state index in [1.807, 2.05) is 23.1 Å². The second-order valence-corrected chi connectivity index (χ2v) is 5.94. The lowest BCUT2D eigenvalue weighted by Crippen LogP contribution is -2.49. The number of ether oxygens (including phenoxy) is 1. The molecule has 2 N–H and O–H groups in total. The van der Waals surface area contributed by atoms with Crippen LogP contribution in [0.5, 0.6) is 5.75 Å². The highest BCUT2D eigenvalue weighted by Crippen LogP contribution is 2.22. The summed E-state index contributed by atoms with van der Waals surface area (Å²) in [5.74, 6) is 1.10. The minimum Gasteiger partial charge on any atom is -0.495 e. The highest BCUT2D eigenvalue weighted by atomic mass is 16.5. The minimum absolute atomic E-state index is 0.0254. The maximum atomic E-state index is 12.2. The summed E-state index contributed by atoms with van der Waals surface area (Å²) in [6.45, 7) is 4.15. The van der Waals surface area contributed by atoms with Gasteiger partial charge in [-0.3, -0.25) is 9.69 Å². The van der Waals surface area contributed by atoms with Gasteiger partial charge in [0.1, 0.15) is 5.75 Å². The zero-order valence-electron chi connectivity index (χ0n) is 13.9. The number of methoxy groups -OCH3 is 1. The van der Waals surface area contributed by atoms with Gasteiger partial charge in [0, 0.05) is 32.7 Å². The number of carbonyl (C=O) groups is 1. The number of nitrogen functional groups attached to an aromatic ring is 1. The first-order chi connectivity index (χ1) is 11.7. The second-order valence-electron chi connectivity index (χ2n) is 5.94. The molecule has 1 fully saturated rings. The summed E-state index contributed by atoms with van der Waals surface area (Å²) < 4.78 is 10.4. The Morgan fingerprint density at radius 1 is 1.25 bits per heavy atom. The molecule has 2 heterocycles. The molecule has 6 heteroatoms. The molecule has 0 aliphatic carbocycles. The number of hydrogen-bond acceptors (Lipinski definition) is 5. The molecule has 0 bridgehead atoms. The van der Waals surface area contributed by atoms with Crippen molar-refractivity contribution in [1.29, 1.82) is 0 Å². The first-order valence-electron chi connectivity index (χ1n) is 8.15. The van der Waals surface area contributed by atoms with Gasteiger partial charge in [-0.25, -0.2) is 0 Å². The summed E-state index contributed by atoms with van der Waals surface area (Å²) in [6, 6.07) is 9.37. The van der Waals surface area contributed by atoms with Crippen LogP contribution in [0.4, 0.5) is 5.69 Å². The Morgan fingerprint density at radius 2 is 2.04 bits per heavy atom. The van der Waals surface area contributed by atoms with Gasteiger partial charge in [0.2, 0.25) is 0 Å². The molecule has 0 saturated carbocycles. The highest BCUT2D eigenvalue weighted by molar-refractivity contribution is 5.91. The summed E-state index contributed by atoms with van der Waals surface area (Å²) in [5.41, 5.74) is 7.81. The molecular weight excluding hydrogens is 306 g/mol. The van der Waals surface area contributed by atoms with Crippen molar-refractivity contribution in [3.8, 4) is 5.75 Å². The van der Waals surface area contributed by atoms with Gasteiger partial charge >= 0.3 is 0 Å². The Labute approximate surface area is 141 Å². The standard InChI is InChI=1S/C18H23N3O3/c1-23-16-5-4-14(13-15(16)19)6-7-20-8-10-21(11-9-20)18(22)17-3-2-12-24-17/h2-5,12-13H,6-11,19H2,1H3. The van der Waals surface area contributed by atoms with E-state index in [0.717, 1.165) is 39.1 Å². The number of anilines is 1. The predicted octanol–water partition coefficient (Wildman–Crippen LogP) is 1.87. The molecule has 128 valence electrons. The molecular formula is C18H23N3O3. The molecule has 0 spiro atoms. The Hall–Kier alpha value is -2.47. The number of carbonyl (C=O) groups excluding carboxylic acids is 1. The van der Waals surface area contributed by atoms with Crippen LogP contribution in [-0.2, 0) is 6.42 Å². The number of nitrogens with zero attached hydrogens (tertiary/aromatic N) is 2. The normalized spacial score (nSPS) is 15.5. The number of rotatable bonds is 5. The zero-order valence-corrected chi connectivity index (χ0v) is 13.9. The molecule has 1 aromatic heterocycles. The van der Waals surface area contributed by atoms with Crippen molar-refractivity contribution in [3.63, 3.8) is 0 Å². The van der Waals surface area contributed by atoms with Crippen LogP contribution in [0.3, 0.4) is 0 Å². The first kappa shape index (κ1) is 16.4. The van der Waals surface area contributed by atoms with Crippen molar-refractivity contribution in [2.24, 2.45) is 0 Å². The van der Waals surface area contributed by atoms with Crippen molar-refractivity contribution in [1.82, 2.24) is 9.80 Å². The Balaban J connectivity index is 1.47. The zero-order chi connectivity index (χ0) is 16.9. The molecule has 1 aromatic carbocycles. The average molecular weight is 329 g/mol. The van der Waals surface area contributed by atoms with Crippen molar-refractivity contribution >= 4 is 11.6 Å². The van der Waals surface area contributed by atoms with Gasteiger partial charge in [0.05, 0.1) is 19.1 Å². The highest BCUT2D eigenvalue weighted by Gasteiger charge is 2.23. The van der Waals surface area contributed by atoms with E-state index >= 15 is 0 Å². The van der Waals surface area contributed by atoms with Crippen LogP contribution in [0, 0.1) is 0 Å². The fraction of sp³-hybridized carbons (Fsp3) is 0.389. The summed E-state index contributed by atoms with van der Waals surface area (Å²) >= 11 is 0. The van der Waals surface area contributed by atoms with Gasteiger partial charge in [-0.05, 0) is 36.2 Å². The molecule has 1 amide bonds. The van der Waals surface area contributed by atoms with Crippen molar-refractivity contribution in [2.45, 2.75) is 6.42 Å². The van der Waals surface area contributed by atoms with Crippen molar-refractivity contribution in [2.75, 3.05) is 45.6 Å². The summed E-state index contributed by atoms with van der Waals surface area (Å²) in [5, 5.41) is 0. The number of benzene rings is 1. The van der Waals surface area contributed by atoms with Gasteiger partial charge in [0.25, 0.3) is 5.91 Å². The van der Waals surface area contributed by atoms with Gasteiger partial charge in [0.15, 0.2) is 5.76 Å². The van der Waals surface area contributed by atoms with Crippen LogP contribution in [0.25, 0.3) is 0 Å². The fourth-order valence-corrected chi connectivity index (χ4v) is 2.96. The number of furan rings is 1. The number of nitrogens with two attached hydrogens (primary N) is 1. The van der Waals surface area contributed by atoms with Crippen LogP contribution >= 0.6 is 0 Å². The number of amides is 1. The second kappa shape index (κ2) is 7.40. The first-order valence-corrected chi connectivity index (χ1v) is 8.15. The lowest BCUT2D eigenvalue weighted by Gasteiger charge is -2.34. The molecule has 24 heavy (non-hydrogen) atoms. The Bertz CT molecular complexity index is 677. The lowest BCUT2D eigenvalue weighted by atomic mass is 10.1. The third-order valence-electron chi connectivity index (χ3n) is 4.40. The molecule has 1 aliphatic heterocycles. The van der Waals surface area contributed by atoms with Crippen LogP contribution in [0.2, 0.25) is 0 Å². The van der Waals surface area contributed by atoms with E-state index in [-0.39, 0.29) is 5.91 Å². The predicted molar refractivity (Wildman–Crippen MR) is 92.2 cm³/mol. The van der Waals surface area contributed by atoms with Crippen LogP contribution in [0.1, 0.15) is 16.1 Å². The number of piperazine rings is 1. The molecule has 2 aromatic rings. The molecule has 0 unspecified atom stereocenters. The maximum Gasteiger partial charge on any atom is 0.289 e. The van der Waals surface area contributed by atoms with Crippen LogP contribution < -0.4 is 10.5 Å². The fourth-order valence-electron chi connectivity index (χ4n) is 2.96. The van der Waals surface area contributed by atoms with Gasteiger partial charge < -0.3 is 19.8 Å². The van der Waals surface area contributed by atoms with Crippen molar-refractivity contribution < 1.29 is 13.9 Å². The summed E-state index contributed by atoms with van der Waals surface area (Å²) in [6.07, 6.45) is 2.46. The molecule has 1 aliphatic rings. The van der Waals surface area contributed by atoms with Gasteiger partial charge in [-0.1, -0.05) is 6.07 Å². The van der Waals surface area contributed by atoms with E-state index in [9.17, 15) is 4.79 Å². The molecule has 6 nitrogen and oxygen atoms in total. The topological polar surface area (TPSA) is 71.9 Å². The lowest BCUT2D eigenvalue weighted by molar-refractivity contribution is 0.0607. The van der Waals surface area contributed by atoms with E-state index in [1.54, 1.807) is 19.2 Å². The third-order valence-corrected chi connectivity index (χ3v) is 4.40. The van der Waals surface area contributed by atoms with E-state index in [1.165, 1.54) is 11.8 Å². The van der Waals surface area contributed by atoms with Crippen LogP contribution in [0.15, 0.2) is 41.0 Å². The van der Waals surface area contributed by atoms with E-state index in [2.05, 4.69) is 4.90 Å².